The van der Waals surface area contributed by atoms with Crippen molar-refractivity contribution in [3.8, 4) is 0 Å². The molecule has 1 amide bonds. The summed E-state index contributed by atoms with van der Waals surface area (Å²) in [4.78, 5) is 26.1. The van der Waals surface area contributed by atoms with Gasteiger partial charge < -0.3 is 14.7 Å². The fourth-order valence-electron chi connectivity index (χ4n) is 2.15. The van der Waals surface area contributed by atoms with E-state index in [4.69, 9.17) is 9.84 Å². The molecule has 21 heavy (non-hydrogen) atoms. The van der Waals surface area contributed by atoms with E-state index >= 15 is 0 Å². The molecule has 1 unspecified atom stereocenters. The van der Waals surface area contributed by atoms with E-state index in [0.717, 1.165) is 4.90 Å². The number of carboxylic acids is 1. The number of carboxylic acid groups (broad SMARTS) is 1. The lowest BCUT2D eigenvalue weighted by molar-refractivity contribution is -0.154. The molecule has 0 aliphatic carbocycles. The fraction of sp³-hybridized carbons (Fsp3) is 0.467. The van der Waals surface area contributed by atoms with Crippen LogP contribution < -0.4 is 0 Å². The van der Waals surface area contributed by atoms with Crippen LogP contribution in [0.3, 0.4) is 0 Å². The van der Waals surface area contributed by atoms with E-state index in [-0.39, 0.29) is 19.1 Å². The summed E-state index contributed by atoms with van der Waals surface area (Å²) in [6.45, 7) is 4.91. The van der Waals surface area contributed by atoms with E-state index in [1.165, 1.54) is 0 Å². The molecule has 1 N–H and O–H groups in total. The minimum atomic E-state index is -1.03. The maximum absolute atomic E-state index is 12.6. The van der Waals surface area contributed by atoms with E-state index in [9.17, 15) is 9.59 Å². The van der Waals surface area contributed by atoms with E-state index in [2.05, 4.69) is 13.8 Å². The summed E-state index contributed by atoms with van der Waals surface area (Å²) in [5, 5.41) is 9.39. The second-order valence-electron chi connectivity index (χ2n) is 5.11. The second-order valence-corrected chi connectivity index (χ2v) is 6.73. The van der Waals surface area contributed by atoms with Crippen LogP contribution >= 0.6 is 11.8 Å². The van der Waals surface area contributed by atoms with Gasteiger partial charge in [-0.15, -0.1) is 11.8 Å². The topological polar surface area (TPSA) is 66.8 Å². The summed E-state index contributed by atoms with van der Waals surface area (Å²) < 4.78 is 5.15. The maximum atomic E-state index is 12.6. The van der Waals surface area contributed by atoms with Crippen molar-refractivity contribution in [2.45, 2.75) is 30.1 Å². The number of aliphatic carboxylic acids is 1. The Bertz CT molecular complexity index is 532. The molecule has 1 aromatic carbocycles. The zero-order chi connectivity index (χ0) is 15.4. The van der Waals surface area contributed by atoms with Crippen molar-refractivity contribution < 1.29 is 19.4 Å². The number of benzene rings is 1. The fourth-order valence-corrected chi connectivity index (χ4v) is 3.10. The van der Waals surface area contributed by atoms with E-state index in [0.29, 0.717) is 17.4 Å². The largest absolute Gasteiger partial charge is 0.479 e. The van der Waals surface area contributed by atoms with Gasteiger partial charge in [-0.05, 0) is 12.1 Å². The summed E-state index contributed by atoms with van der Waals surface area (Å²) in [5.41, 5.74) is 0.627. The Kier molecular flexibility index (Phi) is 5.25. The van der Waals surface area contributed by atoms with Crippen LogP contribution in [0.1, 0.15) is 24.2 Å². The molecule has 1 heterocycles. The zero-order valence-electron chi connectivity index (χ0n) is 12.1. The van der Waals surface area contributed by atoms with E-state index < -0.39 is 12.1 Å². The number of nitrogens with zero attached hydrogens (tertiary/aromatic N) is 1. The van der Waals surface area contributed by atoms with Gasteiger partial charge in [0.2, 0.25) is 0 Å². The Morgan fingerprint density at radius 2 is 2.10 bits per heavy atom. The van der Waals surface area contributed by atoms with Gasteiger partial charge >= 0.3 is 5.97 Å². The molecule has 0 spiro atoms. The van der Waals surface area contributed by atoms with Crippen LogP contribution in [-0.2, 0) is 9.53 Å². The first-order chi connectivity index (χ1) is 9.99. The van der Waals surface area contributed by atoms with Crippen molar-refractivity contribution in [1.82, 2.24) is 4.90 Å². The second kappa shape index (κ2) is 6.95. The van der Waals surface area contributed by atoms with Crippen LogP contribution in [0, 0.1) is 0 Å². The lowest BCUT2D eigenvalue weighted by Gasteiger charge is -2.31. The van der Waals surface area contributed by atoms with E-state index in [1.54, 1.807) is 22.7 Å². The monoisotopic (exact) mass is 309 g/mol. The van der Waals surface area contributed by atoms with Gasteiger partial charge in [-0.25, -0.2) is 4.79 Å². The van der Waals surface area contributed by atoms with Crippen LogP contribution in [0.15, 0.2) is 29.2 Å². The molecule has 0 radical (unpaired) electrons. The predicted molar refractivity (Wildman–Crippen MR) is 80.7 cm³/mol. The predicted octanol–water partition coefficient (Wildman–Crippen LogP) is 2.11. The number of thioether (sulfide) groups is 1. The third-order valence-electron chi connectivity index (χ3n) is 3.11. The first-order valence-corrected chi connectivity index (χ1v) is 7.76. The van der Waals surface area contributed by atoms with Crippen molar-refractivity contribution in [1.29, 1.82) is 0 Å². The first kappa shape index (κ1) is 15.9. The van der Waals surface area contributed by atoms with Crippen molar-refractivity contribution in [3.63, 3.8) is 0 Å². The van der Waals surface area contributed by atoms with Gasteiger partial charge in [0, 0.05) is 16.7 Å². The SMILES string of the molecule is CC(C)Sc1ccccc1C(=O)N1CCOC(C(=O)O)C1. The number of ether oxygens (including phenoxy) is 1. The van der Waals surface area contributed by atoms with Gasteiger partial charge in [-0.1, -0.05) is 26.0 Å². The number of hydrogen-bond acceptors (Lipinski definition) is 4. The highest BCUT2D eigenvalue weighted by molar-refractivity contribution is 8.00. The van der Waals surface area contributed by atoms with E-state index in [1.807, 2.05) is 18.2 Å². The molecule has 0 bridgehead atoms. The van der Waals surface area contributed by atoms with Crippen LogP contribution in [0.25, 0.3) is 0 Å². The Morgan fingerprint density at radius 3 is 2.76 bits per heavy atom. The number of hydrogen-bond donors (Lipinski definition) is 1. The highest BCUT2D eigenvalue weighted by atomic mass is 32.2. The van der Waals surface area contributed by atoms with Crippen LogP contribution in [0.2, 0.25) is 0 Å². The molecule has 1 saturated heterocycles. The highest BCUT2D eigenvalue weighted by Crippen LogP contribution is 2.27. The van der Waals surface area contributed by atoms with Gasteiger partial charge in [0.25, 0.3) is 5.91 Å². The molecule has 1 aliphatic heterocycles. The van der Waals surface area contributed by atoms with Gasteiger partial charge in [0.05, 0.1) is 18.7 Å². The Labute approximate surface area is 128 Å². The Hall–Kier alpha value is -1.53. The minimum Gasteiger partial charge on any atom is -0.479 e. The Morgan fingerprint density at radius 1 is 1.38 bits per heavy atom. The normalized spacial score (nSPS) is 18.8. The Balaban J connectivity index is 2.18. The average molecular weight is 309 g/mol. The standard InChI is InChI=1S/C15H19NO4S/c1-10(2)21-13-6-4-3-5-11(13)14(17)16-7-8-20-12(9-16)15(18)19/h3-6,10,12H,7-9H2,1-2H3,(H,18,19). The smallest absolute Gasteiger partial charge is 0.334 e. The molecule has 1 aliphatic rings. The lowest BCUT2D eigenvalue weighted by atomic mass is 10.1. The number of carbonyl (C=O) groups excluding carboxylic acids is 1. The maximum Gasteiger partial charge on any atom is 0.334 e. The van der Waals surface area contributed by atoms with Crippen molar-refractivity contribution in [2.24, 2.45) is 0 Å². The summed E-state index contributed by atoms with van der Waals surface area (Å²) >= 11 is 1.63. The molecule has 114 valence electrons. The molecule has 1 fully saturated rings. The molecule has 2 rings (SSSR count). The van der Waals surface area contributed by atoms with Gasteiger partial charge in [0.1, 0.15) is 0 Å². The quantitative estimate of drug-likeness (QED) is 0.863. The van der Waals surface area contributed by atoms with Crippen molar-refractivity contribution in [2.75, 3.05) is 19.7 Å². The molecule has 1 aromatic rings. The zero-order valence-corrected chi connectivity index (χ0v) is 12.9. The van der Waals surface area contributed by atoms with Gasteiger partial charge in [0.15, 0.2) is 6.10 Å². The van der Waals surface area contributed by atoms with Crippen molar-refractivity contribution >= 4 is 23.6 Å². The van der Waals surface area contributed by atoms with Crippen LogP contribution in [0.4, 0.5) is 0 Å². The van der Waals surface area contributed by atoms with Crippen LogP contribution in [0.5, 0.6) is 0 Å². The molecule has 6 heteroatoms. The first-order valence-electron chi connectivity index (χ1n) is 6.88. The van der Waals surface area contributed by atoms with Crippen molar-refractivity contribution in [3.05, 3.63) is 29.8 Å². The molecule has 5 nitrogen and oxygen atoms in total. The third-order valence-corrected chi connectivity index (χ3v) is 4.19. The minimum absolute atomic E-state index is 0.0921. The van der Waals surface area contributed by atoms with Crippen LogP contribution in [-0.4, -0.2) is 52.9 Å². The molecule has 0 saturated carbocycles. The molecular weight excluding hydrogens is 290 g/mol. The number of morpholine rings is 1. The lowest BCUT2D eigenvalue weighted by Crippen LogP contribution is -2.48. The highest BCUT2D eigenvalue weighted by Gasteiger charge is 2.30. The van der Waals surface area contributed by atoms with Gasteiger partial charge in [-0.3, -0.25) is 4.79 Å². The summed E-state index contributed by atoms with van der Waals surface area (Å²) in [5.74, 6) is -1.16. The number of amides is 1. The molecular formula is C15H19NO4S. The summed E-state index contributed by atoms with van der Waals surface area (Å²) in [6, 6.07) is 7.44. The third kappa shape index (κ3) is 3.98. The summed E-state index contributed by atoms with van der Waals surface area (Å²) in [6.07, 6.45) is -0.937. The van der Waals surface area contributed by atoms with Gasteiger partial charge in [-0.2, -0.15) is 0 Å². The molecule has 0 aromatic heterocycles. The molecule has 1 atom stereocenters. The summed E-state index contributed by atoms with van der Waals surface area (Å²) in [7, 11) is 0. The number of carbonyl (C=O) groups is 2. The average Bonchev–Trinajstić information content (AvgIpc) is 2.46. The number of rotatable bonds is 4.